The molecule has 0 aliphatic carbocycles. The van der Waals surface area contributed by atoms with E-state index in [1.165, 1.54) is 23.9 Å². The molecule has 12 heteroatoms. The van der Waals surface area contributed by atoms with E-state index in [2.05, 4.69) is 10.3 Å². The van der Waals surface area contributed by atoms with Crippen molar-refractivity contribution in [2.45, 2.75) is 52.7 Å². The molecule has 0 saturated carbocycles. The number of carbonyl (C=O) groups is 4. The average molecular weight is 658 g/mol. The number of anilines is 1. The zero-order valence-electron chi connectivity index (χ0n) is 27.1. The second-order valence-electron chi connectivity index (χ2n) is 12.6. The lowest BCUT2D eigenvalue weighted by Crippen LogP contribution is -2.40. The Bertz CT molecular complexity index is 1990. The number of rotatable bonds is 7. The maximum atomic E-state index is 13.6. The number of ether oxygens (including phenoxy) is 1. The van der Waals surface area contributed by atoms with Crippen LogP contribution >= 0.6 is 11.6 Å². The van der Waals surface area contributed by atoms with Gasteiger partial charge in [-0.25, -0.2) is 9.78 Å². The van der Waals surface area contributed by atoms with Crippen molar-refractivity contribution >= 4 is 41.4 Å². The first-order valence-electron chi connectivity index (χ1n) is 15.1. The van der Waals surface area contributed by atoms with Crippen molar-refractivity contribution in [3.05, 3.63) is 104 Å². The number of fused-ring (bicyclic) bond motifs is 1. The summed E-state index contributed by atoms with van der Waals surface area (Å²) in [5.41, 5.74) is 3.62. The minimum absolute atomic E-state index is 0.00196. The molecule has 0 saturated heterocycles. The van der Waals surface area contributed by atoms with Gasteiger partial charge in [0.1, 0.15) is 11.2 Å². The predicted octanol–water partition coefficient (Wildman–Crippen LogP) is 5.53. The molecule has 2 aromatic carbocycles. The molecular weight excluding hydrogens is 622 g/mol. The number of pyridine rings is 1. The van der Waals surface area contributed by atoms with Crippen molar-refractivity contribution in [1.29, 1.82) is 0 Å². The van der Waals surface area contributed by atoms with Crippen molar-refractivity contribution in [2.75, 3.05) is 11.9 Å². The largest absolute Gasteiger partial charge is 0.444 e. The zero-order chi connectivity index (χ0) is 34.2. The minimum Gasteiger partial charge on any atom is -0.444 e. The summed E-state index contributed by atoms with van der Waals surface area (Å²) >= 11 is 6.92. The molecule has 11 nitrogen and oxygen atoms in total. The van der Waals surface area contributed by atoms with Gasteiger partial charge in [-0.1, -0.05) is 41.9 Å². The van der Waals surface area contributed by atoms with Crippen LogP contribution in [-0.2, 0) is 38.2 Å². The summed E-state index contributed by atoms with van der Waals surface area (Å²) in [5, 5.41) is 3.17. The number of ketones is 1. The van der Waals surface area contributed by atoms with Gasteiger partial charge in [0.15, 0.2) is 12.1 Å². The number of Topliss-reactive ketones (excluding diaryl/α,β-unsaturated/α-hetero) is 1. The number of aldehydes is 1. The van der Waals surface area contributed by atoms with Crippen molar-refractivity contribution < 1.29 is 23.9 Å². The average Bonchev–Trinajstić information content (AvgIpc) is 3.35. The van der Waals surface area contributed by atoms with Gasteiger partial charge >= 0.3 is 6.09 Å². The number of nitrogens with zero attached hydrogens (tertiary/aromatic N) is 4. The van der Waals surface area contributed by atoms with Gasteiger partial charge in [0.2, 0.25) is 5.78 Å². The SMILES string of the molecule is Cc1c(NC(=O)c2cc(C=O)cn(C)c2=O)cccc1-c1cccc(CC(=O)c2nc3c(n2C)CCN(C(=O)OC(C)(C)C)C3)c1Cl. The highest BCUT2D eigenvalue weighted by molar-refractivity contribution is 6.34. The maximum absolute atomic E-state index is 13.6. The van der Waals surface area contributed by atoms with E-state index < -0.39 is 23.2 Å². The number of imidazole rings is 1. The first-order valence-corrected chi connectivity index (χ1v) is 15.5. The Morgan fingerprint density at radius 3 is 2.49 bits per heavy atom. The lowest BCUT2D eigenvalue weighted by atomic mass is 9.96. The van der Waals surface area contributed by atoms with Crippen molar-refractivity contribution in [3.63, 3.8) is 0 Å². The standard InChI is InChI=1S/C35H36ClN5O6/c1-20-23(10-8-12-26(20)38-32(44)25-15-21(19-42)17-39(5)33(25)45)24-11-7-9-22(30(24)36)16-29(43)31-37-27-18-41(14-13-28(27)40(31)6)34(46)47-35(2,3)4/h7-12,15,17,19H,13-14,16,18H2,1-6H3,(H,38,44). The number of carbonyl (C=O) groups excluding carboxylic acids is 4. The van der Waals surface area contributed by atoms with Gasteiger partial charge in [-0.3, -0.25) is 19.2 Å². The van der Waals surface area contributed by atoms with Crippen LogP contribution in [0.2, 0.25) is 5.02 Å². The third kappa shape index (κ3) is 6.90. The van der Waals surface area contributed by atoms with E-state index in [9.17, 15) is 24.0 Å². The maximum Gasteiger partial charge on any atom is 0.410 e. The van der Waals surface area contributed by atoms with Crippen LogP contribution in [0, 0.1) is 6.92 Å². The van der Waals surface area contributed by atoms with Crippen molar-refractivity contribution in [1.82, 2.24) is 19.0 Å². The highest BCUT2D eigenvalue weighted by Gasteiger charge is 2.30. The van der Waals surface area contributed by atoms with Crippen LogP contribution in [0.3, 0.4) is 0 Å². The quantitative estimate of drug-likeness (QED) is 0.204. The molecule has 4 aromatic rings. The van der Waals surface area contributed by atoms with Crippen LogP contribution < -0.4 is 10.9 Å². The van der Waals surface area contributed by atoms with Crippen molar-refractivity contribution in [2.24, 2.45) is 14.1 Å². The van der Waals surface area contributed by atoms with E-state index in [1.54, 1.807) is 34.7 Å². The summed E-state index contributed by atoms with van der Waals surface area (Å²) in [6.45, 7) is 7.98. The zero-order valence-corrected chi connectivity index (χ0v) is 27.9. The first kappa shape index (κ1) is 33.3. The molecule has 0 radical (unpaired) electrons. The van der Waals surface area contributed by atoms with E-state index >= 15 is 0 Å². The first-order chi connectivity index (χ1) is 22.2. The van der Waals surface area contributed by atoms with Crippen LogP contribution in [0.4, 0.5) is 10.5 Å². The van der Waals surface area contributed by atoms with Gasteiger partial charge in [0.05, 0.1) is 17.3 Å². The highest BCUT2D eigenvalue weighted by atomic mass is 35.5. The van der Waals surface area contributed by atoms with E-state index in [0.717, 1.165) is 11.3 Å². The van der Waals surface area contributed by atoms with E-state index in [0.29, 0.717) is 52.3 Å². The molecule has 5 rings (SSSR count). The summed E-state index contributed by atoms with van der Waals surface area (Å²) in [6, 6.07) is 12.0. The Morgan fingerprint density at radius 1 is 1.09 bits per heavy atom. The molecule has 47 heavy (non-hydrogen) atoms. The molecule has 244 valence electrons. The number of halogens is 1. The Kier molecular flexibility index (Phi) is 9.22. The molecule has 1 aliphatic heterocycles. The van der Waals surface area contributed by atoms with Gasteiger partial charge in [-0.15, -0.1) is 0 Å². The molecule has 0 bridgehead atoms. The number of hydrogen-bond acceptors (Lipinski definition) is 7. The molecule has 3 heterocycles. The van der Waals surface area contributed by atoms with E-state index in [-0.39, 0.29) is 35.7 Å². The number of benzene rings is 2. The third-order valence-corrected chi connectivity index (χ3v) is 8.49. The summed E-state index contributed by atoms with van der Waals surface area (Å²) in [4.78, 5) is 69.4. The van der Waals surface area contributed by atoms with Crippen molar-refractivity contribution in [3.8, 4) is 11.1 Å². The molecule has 0 unspecified atom stereocenters. The summed E-state index contributed by atoms with van der Waals surface area (Å²) < 4.78 is 8.49. The fraction of sp³-hybridized carbons (Fsp3) is 0.314. The summed E-state index contributed by atoms with van der Waals surface area (Å²) in [7, 11) is 3.27. The molecule has 1 aliphatic rings. The second kappa shape index (κ2) is 13.0. The van der Waals surface area contributed by atoms with Crippen LogP contribution in [0.25, 0.3) is 11.1 Å². The molecular formula is C35H36ClN5O6. The van der Waals surface area contributed by atoms with Gasteiger partial charge in [-0.05, 0) is 56.5 Å². The monoisotopic (exact) mass is 657 g/mol. The second-order valence-corrected chi connectivity index (χ2v) is 12.9. The normalized spacial score (nSPS) is 12.8. The number of nitrogens with one attached hydrogen (secondary N) is 1. The van der Waals surface area contributed by atoms with Gasteiger partial charge in [0, 0.05) is 62.2 Å². The lowest BCUT2D eigenvalue weighted by Gasteiger charge is -2.29. The predicted molar refractivity (Wildman–Crippen MR) is 178 cm³/mol. The molecule has 0 atom stereocenters. The van der Waals surface area contributed by atoms with Gasteiger partial charge < -0.3 is 24.1 Å². The topological polar surface area (TPSA) is 133 Å². The Morgan fingerprint density at radius 2 is 1.79 bits per heavy atom. The third-order valence-electron chi connectivity index (χ3n) is 8.04. The molecule has 0 fully saturated rings. The number of aromatic nitrogens is 3. The summed E-state index contributed by atoms with van der Waals surface area (Å²) in [5.74, 6) is -0.582. The molecule has 0 spiro atoms. The Balaban J connectivity index is 1.37. The Labute approximate surface area is 277 Å². The van der Waals surface area contributed by atoms with Gasteiger partial charge in [-0.2, -0.15) is 0 Å². The van der Waals surface area contributed by atoms with E-state index in [4.69, 9.17) is 16.3 Å². The minimum atomic E-state index is -0.646. The molecule has 2 amide bonds. The highest BCUT2D eigenvalue weighted by Crippen LogP contribution is 2.36. The fourth-order valence-corrected chi connectivity index (χ4v) is 5.95. The van der Waals surface area contributed by atoms with Crippen LogP contribution in [0.1, 0.15) is 74.6 Å². The van der Waals surface area contributed by atoms with Crippen LogP contribution in [0.15, 0.2) is 53.5 Å². The molecule has 1 N–H and O–H groups in total. The lowest BCUT2D eigenvalue weighted by molar-refractivity contribution is 0.0220. The van der Waals surface area contributed by atoms with Crippen LogP contribution in [-0.4, -0.2) is 55.2 Å². The summed E-state index contributed by atoms with van der Waals surface area (Å²) in [6.07, 6.45) is 2.06. The Hall–Kier alpha value is -5.03. The van der Waals surface area contributed by atoms with Crippen LogP contribution in [0.5, 0.6) is 0 Å². The number of hydrogen-bond donors (Lipinski definition) is 1. The van der Waals surface area contributed by atoms with E-state index in [1.807, 2.05) is 45.9 Å². The van der Waals surface area contributed by atoms with Gasteiger partial charge in [0.25, 0.3) is 11.5 Å². The number of aryl methyl sites for hydroxylation is 1. The number of amides is 2. The molecule has 2 aromatic heterocycles. The fourth-order valence-electron chi connectivity index (χ4n) is 5.65. The smallest absolute Gasteiger partial charge is 0.410 e.